The third kappa shape index (κ3) is 5.12. The van der Waals surface area contributed by atoms with Crippen LogP contribution in [0.15, 0.2) is 42.5 Å². The van der Waals surface area contributed by atoms with Crippen molar-refractivity contribution in [3.05, 3.63) is 58.6 Å². The molecule has 0 aromatic heterocycles. The fourth-order valence-electron chi connectivity index (χ4n) is 3.44. The Morgan fingerprint density at radius 2 is 1.89 bits per heavy atom. The zero-order valence-electron chi connectivity index (χ0n) is 15.8. The Kier molecular flexibility index (Phi) is 6.94. The minimum atomic E-state index is 0.276. The third-order valence-electron chi connectivity index (χ3n) is 5.05. The van der Waals surface area contributed by atoms with Gasteiger partial charge in [0, 0.05) is 17.3 Å². The fourth-order valence-corrected chi connectivity index (χ4v) is 3.80. The molecule has 0 spiro atoms. The number of thiocarbonyl (C=S) groups is 1. The lowest BCUT2D eigenvalue weighted by Crippen LogP contribution is -2.38. The normalized spacial score (nSPS) is 15.4. The molecule has 1 saturated heterocycles. The number of halogens is 1. The van der Waals surface area contributed by atoms with E-state index >= 15 is 0 Å². The molecule has 0 amide bonds. The summed E-state index contributed by atoms with van der Waals surface area (Å²) in [5.74, 6) is 0.875. The maximum absolute atomic E-state index is 6.20. The molecule has 1 fully saturated rings. The predicted molar refractivity (Wildman–Crippen MR) is 117 cm³/mol. The number of likely N-dealkylation sites (tertiary alicyclic amines) is 1. The molecule has 1 heterocycles. The minimum absolute atomic E-state index is 0.276. The molecule has 1 atom stereocenters. The van der Waals surface area contributed by atoms with E-state index in [2.05, 4.69) is 27.7 Å². The lowest BCUT2D eigenvalue weighted by atomic mass is 10.1. The Morgan fingerprint density at radius 1 is 1.19 bits per heavy atom. The molecule has 6 heteroatoms. The number of nitrogens with zero attached hydrogens (tertiary/aromatic N) is 1. The van der Waals surface area contributed by atoms with Gasteiger partial charge in [0.05, 0.1) is 13.2 Å². The number of anilines is 1. The lowest BCUT2D eigenvalue weighted by molar-refractivity contribution is 0.246. The summed E-state index contributed by atoms with van der Waals surface area (Å²) in [7, 11) is 1.69. The standard InChI is InChI=1S/C21H26ClN3OS/c1-15-18(22)6-5-7-19(15)24-21(27)23-14-20(25-12-3-4-13-25)16-8-10-17(26-2)11-9-16/h5-11,20H,3-4,12-14H2,1-2H3,(H2,23,24,27). The van der Waals surface area contributed by atoms with Gasteiger partial charge in [0.1, 0.15) is 5.75 Å². The first-order chi connectivity index (χ1) is 13.1. The van der Waals surface area contributed by atoms with Crippen LogP contribution < -0.4 is 15.4 Å². The average Bonchev–Trinajstić information content (AvgIpc) is 3.20. The van der Waals surface area contributed by atoms with E-state index in [0.717, 1.165) is 41.7 Å². The van der Waals surface area contributed by atoms with Gasteiger partial charge in [-0.25, -0.2) is 0 Å². The summed E-state index contributed by atoms with van der Waals surface area (Å²) in [5.41, 5.74) is 3.20. The number of hydrogen-bond donors (Lipinski definition) is 2. The first-order valence-electron chi connectivity index (χ1n) is 9.26. The van der Waals surface area contributed by atoms with Crippen LogP contribution in [0.4, 0.5) is 5.69 Å². The van der Waals surface area contributed by atoms with E-state index in [9.17, 15) is 0 Å². The Labute approximate surface area is 171 Å². The molecular formula is C21H26ClN3OS. The highest BCUT2D eigenvalue weighted by atomic mass is 35.5. The molecule has 0 bridgehead atoms. The van der Waals surface area contributed by atoms with Crippen LogP contribution in [-0.4, -0.2) is 36.8 Å². The summed E-state index contributed by atoms with van der Waals surface area (Å²) in [6.07, 6.45) is 2.49. The molecule has 2 aromatic rings. The number of nitrogens with one attached hydrogen (secondary N) is 2. The molecule has 1 unspecified atom stereocenters. The van der Waals surface area contributed by atoms with Crippen LogP contribution in [0.25, 0.3) is 0 Å². The highest BCUT2D eigenvalue weighted by Gasteiger charge is 2.23. The molecule has 3 rings (SSSR count). The van der Waals surface area contributed by atoms with Gasteiger partial charge in [0.2, 0.25) is 0 Å². The van der Waals surface area contributed by atoms with Gasteiger partial charge in [-0.1, -0.05) is 29.8 Å². The van der Waals surface area contributed by atoms with Crippen molar-refractivity contribution in [2.45, 2.75) is 25.8 Å². The van der Waals surface area contributed by atoms with E-state index in [4.69, 9.17) is 28.6 Å². The van der Waals surface area contributed by atoms with Crippen LogP contribution in [-0.2, 0) is 0 Å². The van der Waals surface area contributed by atoms with Gasteiger partial charge in [-0.15, -0.1) is 0 Å². The molecule has 4 nitrogen and oxygen atoms in total. The maximum Gasteiger partial charge on any atom is 0.170 e. The number of rotatable bonds is 6. The minimum Gasteiger partial charge on any atom is -0.497 e. The van der Waals surface area contributed by atoms with Gasteiger partial charge in [-0.2, -0.15) is 0 Å². The van der Waals surface area contributed by atoms with Crippen molar-refractivity contribution < 1.29 is 4.74 Å². The Morgan fingerprint density at radius 3 is 2.56 bits per heavy atom. The number of ether oxygens (including phenoxy) is 1. The fraction of sp³-hybridized carbons (Fsp3) is 0.381. The molecule has 27 heavy (non-hydrogen) atoms. The Balaban J connectivity index is 1.66. The quantitative estimate of drug-likeness (QED) is 0.679. The SMILES string of the molecule is COc1ccc(C(CNC(=S)Nc2cccc(Cl)c2C)N2CCCC2)cc1. The van der Waals surface area contributed by atoms with E-state index < -0.39 is 0 Å². The Hall–Kier alpha value is -1.82. The monoisotopic (exact) mass is 403 g/mol. The molecule has 0 saturated carbocycles. The zero-order valence-corrected chi connectivity index (χ0v) is 17.4. The van der Waals surface area contributed by atoms with E-state index in [1.165, 1.54) is 18.4 Å². The smallest absolute Gasteiger partial charge is 0.170 e. The van der Waals surface area contributed by atoms with Gasteiger partial charge in [0.25, 0.3) is 0 Å². The first-order valence-corrected chi connectivity index (χ1v) is 10.0. The topological polar surface area (TPSA) is 36.5 Å². The average molecular weight is 404 g/mol. The van der Waals surface area contributed by atoms with Crippen molar-refractivity contribution in [2.24, 2.45) is 0 Å². The zero-order chi connectivity index (χ0) is 19.2. The van der Waals surface area contributed by atoms with Crippen LogP contribution in [0.3, 0.4) is 0 Å². The van der Waals surface area contributed by atoms with Crippen LogP contribution in [0, 0.1) is 6.92 Å². The molecular weight excluding hydrogens is 378 g/mol. The molecule has 0 aliphatic carbocycles. The molecule has 1 aliphatic rings. The highest BCUT2D eigenvalue weighted by Crippen LogP contribution is 2.26. The number of benzene rings is 2. The van der Waals surface area contributed by atoms with Gasteiger partial charge in [-0.3, -0.25) is 4.90 Å². The van der Waals surface area contributed by atoms with Crippen molar-refractivity contribution in [3.63, 3.8) is 0 Å². The van der Waals surface area contributed by atoms with Crippen LogP contribution >= 0.6 is 23.8 Å². The van der Waals surface area contributed by atoms with Gasteiger partial charge in [0.15, 0.2) is 5.11 Å². The second-order valence-corrected chi connectivity index (χ2v) is 7.59. The van der Waals surface area contributed by atoms with Gasteiger partial charge in [-0.05, 0) is 80.5 Å². The van der Waals surface area contributed by atoms with Crippen molar-refractivity contribution >= 4 is 34.6 Å². The van der Waals surface area contributed by atoms with Crippen LogP contribution in [0.1, 0.15) is 30.0 Å². The van der Waals surface area contributed by atoms with E-state index in [-0.39, 0.29) is 6.04 Å². The van der Waals surface area contributed by atoms with Gasteiger partial charge < -0.3 is 15.4 Å². The van der Waals surface area contributed by atoms with Gasteiger partial charge >= 0.3 is 0 Å². The highest BCUT2D eigenvalue weighted by molar-refractivity contribution is 7.80. The maximum atomic E-state index is 6.20. The lowest BCUT2D eigenvalue weighted by Gasteiger charge is -2.29. The summed E-state index contributed by atoms with van der Waals surface area (Å²) in [5, 5.41) is 7.99. The van der Waals surface area contributed by atoms with Crippen LogP contribution in [0.2, 0.25) is 5.02 Å². The largest absolute Gasteiger partial charge is 0.497 e. The van der Waals surface area contributed by atoms with Crippen molar-refractivity contribution in [1.82, 2.24) is 10.2 Å². The molecule has 1 aliphatic heterocycles. The molecule has 144 valence electrons. The molecule has 2 aromatic carbocycles. The van der Waals surface area contributed by atoms with Crippen molar-refractivity contribution in [1.29, 1.82) is 0 Å². The third-order valence-corrected chi connectivity index (χ3v) is 5.71. The summed E-state index contributed by atoms with van der Waals surface area (Å²) in [6, 6.07) is 14.4. The summed E-state index contributed by atoms with van der Waals surface area (Å²) >= 11 is 11.7. The first kappa shape index (κ1) is 19.9. The second-order valence-electron chi connectivity index (χ2n) is 6.78. The predicted octanol–water partition coefficient (Wildman–Crippen LogP) is 4.78. The Bertz CT molecular complexity index is 775. The van der Waals surface area contributed by atoms with Crippen molar-refractivity contribution in [3.8, 4) is 5.75 Å². The van der Waals surface area contributed by atoms with E-state index in [1.807, 2.05) is 37.3 Å². The van der Waals surface area contributed by atoms with Crippen LogP contribution in [0.5, 0.6) is 5.75 Å². The summed E-state index contributed by atoms with van der Waals surface area (Å²) in [6.45, 7) is 4.97. The molecule has 0 radical (unpaired) electrons. The second kappa shape index (κ2) is 9.40. The number of hydrogen-bond acceptors (Lipinski definition) is 3. The van der Waals surface area contributed by atoms with Crippen molar-refractivity contribution in [2.75, 3.05) is 32.1 Å². The molecule has 2 N–H and O–H groups in total. The van der Waals surface area contributed by atoms with E-state index in [1.54, 1.807) is 7.11 Å². The summed E-state index contributed by atoms with van der Waals surface area (Å²) < 4.78 is 5.29. The van der Waals surface area contributed by atoms with E-state index in [0.29, 0.717) is 5.11 Å². The number of methoxy groups -OCH3 is 1. The summed E-state index contributed by atoms with van der Waals surface area (Å²) in [4.78, 5) is 2.52.